The van der Waals surface area contributed by atoms with Gasteiger partial charge >= 0.3 is 0 Å². The summed E-state index contributed by atoms with van der Waals surface area (Å²) < 4.78 is 27.5. The lowest BCUT2D eigenvalue weighted by molar-refractivity contribution is 0.280. The van der Waals surface area contributed by atoms with Crippen molar-refractivity contribution in [2.24, 2.45) is 0 Å². The summed E-state index contributed by atoms with van der Waals surface area (Å²) in [6, 6.07) is 4.82. The van der Waals surface area contributed by atoms with E-state index in [2.05, 4.69) is 4.72 Å². The van der Waals surface area contributed by atoms with Crippen molar-refractivity contribution >= 4 is 10.0 Å². The minimum atomic E-state index is -3.55. The number of rotatable bonds is 6. The highest BCUT2D eigenvalue weighted by atomic mass is 32.2. The molecular weight excluding hydrogens is 262 g/mol. The number of aliphatic hydroxyl groups is 1. The maximum Gasteiger partial charge on any atom is 0.241 e. The fraction of sp³-hybridized carbons (Fsp3) is 0.571. The fourth-order valence-corrected chi connectivity index (χ4v) is 3.36. The molecule has 0 fully saturated rings. The van der Waals surface area contributed by atoms with Crippen molar-refractivity contribution in [3.8, 4) is 0 Å². The molecule has 0 aromatic heterocycles. The smallest absolute Gasteiger partial charge is 0.241 e. The standard InChI is InChI=1S/C14H23NO3S/c1-5-14(4,6-2)15-19(17,18)13-8-7-11(3)12(9-13)10-16/h7-9,15-16H,5-6,10H2,1-4H3. The van der Waals surface area contributed by atoms with Crippen molar-refractivity contribution in [1.82, 2.24) is 4.72 Å². The Hall–Kier alpha value is -0.910. The second kappa shape index (κ2) is 6.03. The molecule has 2 N–H and O–H groups in total. The van der Waals surface area contributed by atoms with Gasteiger partial charge in [-0.3, -0.25) is 0 Å². The van der Waals surface area contributed by atoms with E-state index in [4.69, 9.17) is 0 Å². The minimum absolute atomic E-state index is 0.159. The lowest BCUT2D eigenvalue weighted by Crippen LogP contribution is -2.44. The summed E-state index contributed by atoms with van der Waals surface area (Å²) in [5, 5.41) is 9.22. The quantitative estimate of drug-likeness (QED) is 0.843. The number of hydrogen-bond acceptors (Lipinski definition) is 3. The van der Waals surface area contributed by atoms with Gasteiger partial charge in [-0.2, -0.15) is 0 Å². The zero-order chi connectivity index (χ0) is 14.7. The molecule has 1 aromatic carbocycles. The summed E-state index contributed by atoms with van der Waals surface area (Å²) in [5.41, 5.74) is 1.08. The van der Waals surface area contributed by atoms with E-state index in [0.29, 0.717) is 5.56 Å². The summed E-state index contributed by atoms with van der Waals surface area (Å²) >= 11 is 0. The lowest BCUT2D eigenvalue weighted by Gasteiger charge is -2.27. The van der Waals surface area contributed by atoms with Crippen molar-refractivity contribution in [3.63, 3.8) is 0 Å². The van der Waals surface area contributed by atoms with Gasteiger partial charge in [-0.15, -0.1) is 0 Å². The van der Waals surface area contributed by atoms with E-state index in [0.717, 1.165) is 18.4 Å². The van der Waals surface area contributed by atoms with E-state index >= 15 is 0 Å². The molecule has 0 unspecified atom stereocenters. The number of hydrogen-bond donors (Lipinski definition) is 2. The summed E-state index contributed by atoms with van der Waals surface area (Å²) in [4.78, 5) is 0.204. The SMILES string of the molecule is CCC(C)(CC)NS(=O)(=O)c1ccc(C)c(CO)c1. The molecule has 0 aliphatic rings. The predicted molar refractivity (Wildman–Crippen MR) is 76.4 cm³/mol. The van der Waals surface area contributed by atoms with Crippen LogP contribution in [0.15, 0.2) is 23.1 Å². The van der Waals surface area contributed by atoms with E-state index < -0.39 is 15.6 Å². The molecule has 0 amide bonds. The van der Waals surface area contributed by atoms with Crippen LogP contribution in [0, 0.1) is 6.92 Å². The second-order valence-electron chi connectivity index (χ2n) is 5.12. The molecule has 4 nitrogen and oxygen atoms in total. The van der Waals surface area contributed by atoms with Crippen molar-refractivity contribution < 1.29 is 13.5 Å². The Morgan fingerprint density at radius 3 is 2.32 bits per heavy atom. The van der Waals surface area contributed by atoms with Crippen molar-refractivity contribution in [2.75, 3.05) is 0 Å². The Bertz CT molecular complexity index is 534. The molecule has 1 rings (SSSR count). The summed E-state index contributed by atoms with van der Waals surface area (Å²) in [6.07, 6.45) is 1.45. The highest BCUT2D eigenvalue weighted by Crippen LogP contribution is 2.21. The van der Waals surface area contributed by atoms with Crippen LogP contribution in [0.3, 0.4) is 0 Å². The van der Waals surface area contributed by atoms with Crippen LogP contribution in [0.5, 0.6) is 0 Å². The average molecular weight is 285 g/mol. The Labute approximate surface area is 115 Å². The second-order valence-corrected chi connectivity index (χ2v) is 6.80. The number of aliphatic hydroxyl groups excluding tert-OH is 1. The molecule has 1 aromatic rings. The van der Waals surface area contributed by atoms with Gasteiger partial charge < -0.3 is 5.11 Å². The molecule has 108 valence electrons. The zero-order valence-electron chi connectivity index (χ0n) is 12.0. The van der Waals surface area contributed by atoms with E-state index in [-0.39, 0.29) is 11.5 Å². The summed E-state index contributed by atoms with van der Waals surface area (Å²) in [7, 11) is -3.55. The third-order valence-electron chi connectivity index (χ3n) is 3.74. The molecule has 0 saturated heterocycles. The first kappa shape index (κ1) is 16.1. The van der Waals surface area contributed by atoms with Gasteiger partial charge in [0.05, 0.1) is 11.5 Å². The van der Waals surface area contributed by atoms with Crippen LogP contribution in [-0.2, 0) is 16.6 Å². The molecule has 0 saturated carbocycles. The molecule has 0 spiro atoms. The number of nitrogens with one attached hydrogen (secondary N) is 1. The fourth-order valence-electron chi connectivity index (χ4n) is 1.76. The van der Waals surface area contributed by atoms with Crippen LogP contribution in [-0.4, -0.2) is 19.1 Å². The molecule has 0 aliphatic carbocycles. The van der Waals surface area contributed by atoms with Crippen molar-refractivity contribution in [2.45, 2.75) is 57.6 Å². The normalized spacial score (nSPS) is 12.7. The van der Waals surface area contributed by atoms with E-state index in [9.17, 15) is 13.5 Å². The highest BCUT2D eigenvalue weighted by Gasteiger charge is 2.27. The molecule has 5 heteroatoms. The van der Waals surface area contributed by atoms with Gasteiger partial charge in [-0.1, -0.05) is 19.9 Å². The minimum Gasteiger partial charge on any atom is -0.392 e. The maximum atomic E-state index is 12.4. The average Bonchev–Trinajstić information content (AvgIpc) is 2.38. The van der Waals surface area contributed by atoms with Crippen LogP contribution < -0.4 is 4.72 Å². The summed E-state index contributed by atoms with van der Waals surface area (Å²) in [5.74, 6) is 0. The lowest BCUT2D eigenvalue weighted by atomic mass is 9.98. The monoisotopic (exact) mass is 285 g/mol. The third-order valence-corrected chi connectivity index (χ3v) is 5.38. The van der Waals surface area contributed by atoms with Gasteiger partial charge in [0.15, 0.2) is 0 Å². The van der Waals surface area contributed by atoms with Gasteiger partial charge in [-0.05, 0) is 49.9 Å². The van der Waals surface area contributed by atoms with Gasteiger partial charge in [0.1, 0.15) is 0 Å². The van der Waals surface area contributed by atoms with Gasteiger partial charge in [-0.25, -0.2) is 13.1 Å². The number of benzene rings is 1. The van der Waals surface area contributed by atoms with Gasteiger partial charge in [0, 0.05) is 5.54 Å². The number of aryl methyl sites for hydroxylation is 1. The topological polar surface area (TPSA) is 66.4 Å². The molecule has 0 heterocycles. The first-order valence-electron chi connectivity index (χ1n) is 6.52. The Kier molecular flexibility index (Phi) is 5.12. The van der Waals surface area contributed by atoms with Gasteiger partial charge in [0.2, 0.25) is 10.0 Å². The molecule has 0 radical (unpaired) electrons. The third kappa shape index (κ3) is 3.78. The first-order chi connectivity index (χ1) is 8.78. The maximum absolute atomic E-state index is 12.4. The van der Waals surface area contributed by atoms with Crippen molar-refractivity contribution in [1.29, 1.82) is 0 Å². The van der Waals surface area contributed by atoms with Crippen molar-refractivity contribution in [3.05, 3.63) is 29.3 Å². The van der Waals surface area contributed by atoms with Crippen LogP contribution >= 0.6 is 0 Å². The van der Waals surface area contributed by atoms with E-state index in [1.165, 1.54) is 6.07 Å². The largest absolute Gasteiger partial charge is 0.392 e. The first-order valence-corrected chi connectivity index (χ1v) is 8.00. The van der Waals surface area contributed by atoms with Crippen LogP contribution in [0.25, 0.3) is 0 Å². The Balaban J connectivity index is 3.14. The molecule has 0 atom stereocenters. The van der Waals surface area contributed by atoms with Crippen LogP contribution in [0.2, 0.25) is 0 Å². The Morgan fingerprint density at radius 1 is 1.26 bits per heavy atom. The molecule has 0 bridgehead atoms. The zero-order valence-corrected chi connectivity index (χ0v) is 12.8. The molecule has 19 heavy (non-hydrogen) atoms. The predicted octanol–water partition coefficient (Wildman–Crippen LogP) is 2.34. The summed E-state index contributed by atoms with van der Waals surface area (Å²) in [6.45, 7) is 7.50. The highest BCUT2D eigenvalue weighted by molar-refractivity contribution is 7.89. The van der Waals surface area contributed by atoms with Crippen LogP contribution in [0.1, 0.15) is 44.7 Å². The molecular formula is C14H23NO3S. The Morgan fingerprint density at radius 2 is 1.84 bits per heavy atom. The van der Waals surface area contributed by atoms with E-state index in [1.807, 2.05) is 27.7 Å². The molecule has 0 aliphatic heterocycles. The van der Waals surface area contributed by atoms with Gasteiger partial charge in [0.25, 0.3) is 0 Å². The number of sulfonamides is 1. The van der Waals surface area contributed by atoms with Crippen LogP contribution in [0.4, 0.5) is 0 Å². The van der Waals surface area contributed by atoms with E-state index in [1.54, 1.807) is 12.1 Å².